The van der Waals surface area contributed by atoms with Crippen molar-refractivity contribution in [3.05, 3.63) is 50.4 Å². The number of carbonyl (C=O) groups is 1. The molecule has 1 aliphatic rings. The molecule has 1 N–H and O–H groups in total. The lowest BCUT2D eigenvalue weighted by atomic mass is 10.1. The van der Waals surface area contributed by atoms with Gasteiger partial charge in [0.25, 0.3) is 5.56 Å². The number of likely N-dealkylation sites (N-methyl/N-ethyl adjacent to an activating group) is 1. The fourth-order valence-electron chi connectivity index (χ4n) is 3.19. The second kappa shape index (κ2) is 8.94. The van der Waals surface area contributed by atoms with Crippen molar-refractivity contribution < 1.29 is 4.79 Å². The Morgan fingerprint density at radius 2 is 1.93 bits per heavy atom. The quantitative estimate of drug-likeness (QED) is 0.799. The van der Waals surface area contributed by atoms with Crippen LogP contribution in [0.25, 0.3) is 0 Å². The SMILES string of the molecule is CCN1CCN(c2ccc(NC(=O)Cn3ncc(Cl)c(Cl)c3=O)c(C)c2)CC1. The molecule has 0 radical (unpaired) electrons. The van der Waals surface area contributed by atoms with Crippen LogP contribution >= 0.6 is 23.2 Å². The lowest BCUT2D eigenvalue weighted by Crippen LogP contribution is -2.46. The first-order valence-corrected chi connectivity index (χ1v) is 9.93. The van der Waals surface area contributed by atoms with E-state index in [-0.39, 0.29) is 22.5 Å². The average Bonchev–Trinajstić information content (AvgIpc) is 2.70. The summed E-state index contributed by atoms with van der Waals surface area (Å²) in [5, 5.41) is 6.59. The van der Waals surface area contributed by atoms with Crippen molar-refractivity contribution in [2.24, 2.45) is 0 Å². The van der Waals surface area contributed by atoms with E-state index >= 15 is 0 Å². The molecule has 1 saturated heterocycles. The summed E-state index contributed by atoms with van der Waals surface area (Å²) < 4.78 is 0.987. The van der Waals surface area contributed by atoms with Crippen molar-refractivity contribution in [2.75, 3.05) is 42.9 Å². The number of aromatic nitrogens is 2. The molecule has 9 heteroatoms. The van der Waals surface area contributed by atoms with E-state index < -0.39 is 5.56 Å². The van der Waals surface area contributed by atoms with Gasteiger partial charge in [-0.2, -0.15) is 5.10 Å². The minimum atomic E-state index is -0.595. The highest BCUT2D eigenvalue weighted by atomic mass is 35.5. The van der Waals surface area contributed by atoms with Crippen molar-refractivity contribution in [3.63, 3.8) is 0 Å². The number of nitrogens with one attached hydrogen (secondary N) is 1. The summed E-state index contributed by atoms with van der Waals surface area (Å²) in [5.74, 6) is -0.361. The summed E-state index contributed by atoms with van der Waals surface area (Å²) in [6, 6.07) is 5.97. The topological polar surface area (TPSA) is 70.5 Å². The highest BCUT2D eigenvalue weighted by Crippen LogP contribution is 2.24. The van der Waals surface area contributed by atoms with Crippen LogP contribution in [0.15, 0.2) is 29.2 Å². The van der Waals surface area contributed by atoms with Crippen LogP contribution in [0, 0.1) is 6.92 Å². The van der Waals surface area contributed by atoms with Crippen molar-refractivity contribution in [1.82, 2.24) is 14.7 Å². The third-order valence-corrected chi connectivity index (χ3v) is 5.65. The molecule has 3 rings (SSSR count). The first-order chi connectivity index (χ1) is 13.4. The van der Waals surface area contributed by atoms with Crippen LogP contribution in [0.2, 0.25) is 10.0 Å². The molecule has 1 amide bonds. The van der Waals surface area contributed by atoms with E-state index in [4.69, 9.17) is 23.2 Å². The molecule has 150 valence electrons. The van der Waals surface area contributed by atoms with E-state index in [9.17, 15) is 9.59 Å². The fourth-order valence-corrected chi connectivity index (χ4v) is 3.46. The van der Waals surface area contributed by atoms with Crippen LogP contribution in [0.4, 0.5) is 11.4 Å². The van der Waals surface area contributed by atoms with Gasteiger partial charge in [-0.25, -0.2) is 4.68 Å². The monoisotopic (exact) mass is 423 g/mol. The Kier molecular flexibility index (Phi) is 6.59. The normalized spacial score (nSPS) is 14.9. The van der Waals surface area contributed by atoms with E-state index in [2.05, 4.69) is 33.2 Å². The Hall–Kier alpha value is -2.09. The van der Waals surface area contributed by atoms with Gasteiger partial charge in [-0.05, 0) is 37.2 Å². The molecule has 1 aromatic carbocycles. The van der Waals surface area contributed by atoms with E-state index in [1.165, 1.54) is 6.20 Å². The smallest absolute Gasteiger partial charge is 0.287 e. The van der Waals surface area contributed by atoms with Gasteiger partial charge in [0.05, 0.1) is 11.2 Å². The van der Waals surface area contributed by atoms with Gasteiger partial charge in [-0.15, -0.1) is 0 Å². The Bertz CT molecular complexity index is 923. The molecule has 2 aromatic rings. The van der Waals surface area contributed by atoms with Crippen molar-refractivity contribution in [3.8, 4) is 0 Å². The number of amides is 1. The van der Waals surface area contributed by atoms with Gasteiger partial charge < -0.3 is 15.1 Å². The molecule has 0 bridgehead atoms. The Balaban J connectivity index is 1.65. The number of anilines is 2. The molecule has 1 aliphatic heterocycles. The number of benzene rings is 1. The predicted octanol–water partition coefficient (Wildman–Crippen LogP) is 2.64. The van der Waals surface area contributed by atoms with Crippen LogP contribution in [0.5, 0.6) is 0 Å². The zero-order chi connectivity index (χ0) is 20.3. The highest BCUT2D eigenvalue weighted by Gasteiger charge is 2.17. The van der Waals surface area contributed by atoms with E-state index in [0.717, 1.165) is 48.7 Å². The zero-order valence-corrected chi connectivity index (χ0v) is 17.4. The van der Waals surface area contributed by atoms with Crippen LogP contribution in [0.3, 0.4) is 0 Å². The summed E-state index contributed by atoms with van der Waals surface area (Å²) >= 11 is 11.6. The number of hydrogen-bond acceptors (Lipinski definition) is 5. The molecule has 0 unspecified atom stereocenters. The predicted molar refractivity (Wildman–Crippen MR) is 113 cm³/mol. The molecular formula is C19H23Cl2N5O2. The molecule has 1 fully saturated rings. The molecule has 1 aromatic heterocycles. The van der Waals surface area contributed by atoms with Gasteiger partial charge in [0.2, 0.25) is 5.91 Å². The first kappa shape index (κ1) is 20.6. The number of carbonyl (C=O) groups excluding carboxylic acids is 1. The van der Waals surface area contributed by atoms with Crippen LogP contribution < -0.4 is 15.8 Å². The van der Waals surface area contributed by atoms with E-state index in [0.29, 0.717) is 5.69 Å². The Labute approximate surface area is 173 Å². The van der Waals surface area contributed by atoms with Gasteiger partial charge in [0, 0.05) is 37.6 Å². The molecule has 0 atom stereocenters. The third-order valence-electron chi connectivity index (χ3n) is 4.90. The van der Waals surface area contributed by atoms with Crippen LogP contribution in [-0.2, 0) is 11.3 Å². The molecule has 0 saturated carbocycles. The van der Waals surface area contributed by atoms with Gasteiger partial charge in [0.1, 0.15) is 11.6 Å². The van der Waals surface area contributed by atoms with Gasteiger partial charge in [0.15, 0.2) is 0 Å². The maximum Gasteiger partial charge on any atom is 0.287 e. The molecule has 0 aliphatic carbocycles. The minimum absolute atomic E-state index is 0.0644. The van der Waals surface area contributed by atoms with Crippen LogP contribution in [0.1, 0.15) is 12.5 Å². The first-order valence-electron chi connectivity index (χ1n) is 9.18. The average molecular weight is 424 g/mol. The maximum absolute atomic E-state index is 12.3. The number of piperazine rings is 1. The highest BCUT2D eigenvalue weighted by molar-refractivity contribution is 6.41. The number of nitrogens with zero attached hydrogens (tertiary/aromatic N) is 4. The number of aryl methyl sites for hydroxylation is 1. The zero-order valence-electron chi connectivity index (χ0n) is 15.9. The molecule has 7 nitrogen and oxygen atoms in total. The summed E-state index contributed by atoms with van der Waals surface area (Å²) in [4.78, 5) is 29.1. The van der Waals surface area contributed by atoms with Gasteiger partial charge in [-0.3, -0.25) is 9.59 Å². The summed E-state index contributed by atoms with van der Waals surface area (Å²) in [5.41, 5.74) is 2.21. The number of hydrogen-bond donors (Lipinski definition) is 1. The standard InChI is InChI=1S/C19H23Cl2N5O2/c1-3-24-6-8-25(9-7-24)14-4-5-16(13(2)10-14)23-17(27)12-26-19(28)18(21)15(20)11-22-26/h4-5,10-11H,3,6-9,12H2,1-2H3,(H,23,27). The van der Waals surface area contributed by atoms with Gasteiger partial charge in [-0.1, -0.05) is 30.1 Å². The van der Waals surface area contributed by atoms with E-state index in [1.807, 2.05) is 19.1 Å². The van der Waals surface area contributed by atoms with Crippen molar-refractivity contribution >= 4 is 40.5 Å². The maximum atomic E-state index is 12.3. The second-order valence-corrected chi connectivity index (χ2v) is 7.52. The molecule has 28 heavy (non-hydrogen) atoms. The van der Waals surface area contributed by atoms with Crippen LogP contribution in [-0.4, -0.2) is 53.3 Å². The fraction of sp³-hybridized carbons (Fsp3) is 0.421. The van der Waals surface area contributed by atoms with Crippen molar-refractivity contribution in [1.29, 1.82) is 0 Å². The number of halogens is 2. The third kappa shape index (κ3) is 4.66. The largest absolute Gasteiger partial charge is 0.369 e. The Morgan fingerprint density at radius 1 is 1.21 bits per heavy atom. The van der Waals surface area contributed by atoms with Gasteiger partial charge >= 0.3 is 0 Å². The molecular weight excluding hydrogens is 401 g/mol. The minimum Gasteiger partial charge on any atom is -0.369 e. The second-order valence-electron chi connectivity index (χ2n) is 6.74. The summed E-state index contributed by atoms with van der Waals surface area (Å²) in [6.07, 6.45) is 1.25. The number of rotatable bonds is 5. The lowest BCUT2D eigenvalue weighted by Gasteiger charge is -2.35. The summed E-state index contributed by atoms with van der Waals surface area (Å²) in [7, 11) is 0. The Morgan fingerprint density at radius 3 is 2.57 bits per heavy atom. The molecule has 0 spiro atoms. The molecule has 2 heterocycles. The lowest BCUT2D eigenvalue weighted by molar-refractivity contribution is -0.117. The van der Waals surface area contributed by atoms with Crippen molar-refractivity contribution in [2.45, 2.75) is 20.4 Å². The summed E-state index contributed by atoms with van der Waals surface area (Å²) in [6.45, 7) is 9.06. The van der Waals surface area contributed by atoms with E-state index in [1.54, 1.807) is 0 Å².